The highest BCUT2D eigenvalue weighted by Crippen LogP contribution is 2.34. The largest absolute Gasteiger partial charge is 0.354 e. The normalized spacial score (nSPS) is 15.4. The average Bonchev–Trinajstić information content (AvgIpc) is 3.36. The number of aromatic nitrogens is 2. The van der Waals surface area contributed by atoms with Gasteiger partial charge in [-0.1, -0.05) is 24.3 Å². The van der Waals surface area contributed by atoms with Gasteiger partial charge in [-0.15, -0.1) is 0 Å². The number of nitrogens with zero attached hydrogens (tertiary/aromatic N) is 3. The average molecular weight is 456 g/mol. The molecule has 1 aliphatic heterocycles. The maximum atomic E-state index is 14.7. The van der Waals surface area contributed by atoms with E-state index in [1.54, 1.807) is 12.1 Å². The number of nitriles is 1. The van der Waals surface area contributed by atoms with Crippen molar-refractivity contribution < 1.29 is 8.78 Å². The molecule has 1 unspecified atom stereocenters. The number of hydrogen-bond acceptors (Lipinski definition) is 5. The van der Waals surface area contributed by atoms with Crippen LogP contribution in [-0.2, 0) is 0 Å². The van der Waals surface area contributed by atoms with Crippen LogP contribution in [0.3, 0.4) is 0 Å². The summed E-state index contributed by atoms with van der Waals surface area (Å²) in [5, 5.41) is 16.5. The predicted molar refractivity (Wildman–Crippen MR) is 129 cm³/mol. The summed E-state index contributed by atoms with van der Waals surface area (Å²) < 4.78 is 29.2. The van der Waals surface area contributed by atoms with Crippen molar-refractivity contribution in [2.75, 3.05) is 25.0 Å². The summed E-state index contributed by atoms with van der Waals surface area (Å²) in [6.45, 7) is 4.53. The van der Waals surface area contributed by atoms with Gasteiger partial charge < -0.3 is 10.6 Å². The molecule has 2 N–H and O–H groups in total. The van der Waals surface area contributed by atoms with Gasteiger partial charge in [0.05, 0.1) is 16.8 Å². The molecule has 5 nitrogen and oxygen atoms in total. The van der Waals surface area contributed by atoms with Crippen LogP contribution in [0, 0.1) is 35.8 Å². The zero-order chi connectivity index (χ0) is 23.7. The Bertz CT molecular complexity index is 1400. The molecule has 170 valence electrons. The van der Waals surface area contributed by atoms with E-state index in [0.717, 1.165) is 31.6 Å². The third-order valence-corrected chi connectivity index (χ3v) is 6.28. The van der Waals surface area contributed by atoms with Crippen LogP contribution in [-0.4, -0.2) is 29.6 Å². The molecule has 0 aliphatic carbocycles. The smallest absolute Gasteiger partial charge is 0.223 e. The Hall–Kier alpha value is -3.89. The Morgan fingerprint density at radius 2 is 1.91 bits per heavy atom. The minimum absolute atomic E-state index is 0.0307. The molecule has 0 saturated carbocycles. The molecule has 1 aliphatic rings. The minimum Gasteiger partial charge on any atom is -0.354 e. The highest BCUT2D eigenvalue weighted by atomic mass is 19.1. The van der Waals surface area contributed by atoms with Crippen LogP contribution in [0.2, 0.25) is 0 Å². The van der Waals surface area contributed by atoms with Crippen LogP contribution < -0.4 is 10.6 Å². The van der Waals surface area contributed by atoms with Crippen molar-refractivity contribution in [3.8, 4) is 28.5 Å². The van der Waals surface area contributed by atoms with Gasteiger partial charge in [0.25, 0.3) is 0 Å². The second-order valence-corrected chi connectivity index (χ2v) is 8.61. The van der Waals surface area contributed by atoms with Crippen LogP contribution in [0.25, 0.3) is 33.3 Å². The number of aryl methyl sites for hydroxylation is 1. The van der Waals surface area contributed by atoms with Crippen LogP contribution in [0.1, 0.15) is 17.5 Å². The second kappa shape index (κ2) is 9.16. The summed E-state index contributed by atoms with van der Waals surface area (Å²) in [5.41, 5.74) is 3.70. The maximum absolute atomic E-state index is 14.7. The van der Waals surface area contributed by atoms with Crippen molar-refractivity contribution in [2.24, 2.45) is 5.92 Å². The molecule has 1 aromatic heterocycles. The lowest BCUT2D eigenvalue weighted by Crippen LogP contribution is -2.18. The first kappa shape index (κ1) is 21.9. The molecule has 3 aromatic carbocycles. The molecule has 1 saturated heterocycles. The predicted octanol–water partition coefficient (Wildman–Crippen LogP) is 5.44. The summed E-state index contributed by atoms with van der Waals surface area (Å²) >= 11 is 0. The van der Waals surface area contributed by atoms with Gasteiger partial charge in [0.15, 0.2) is 0 Å². The summed E-state index contributed by atoms with van der Waals surface area (Å²) in [6.07, 6.45) is 1.08. The van der Waals surface area contributed by atoms with Crippen LogP contribution in [0.15, 0.2) is 54.6 Å². The molecular weight excluding hydrogens is 432 g/mol. The molecule has 1 atom stereocenters. The third kappa shape index (κ3) is 4.20. The molecule has 0 spiro atoms. The SMILES string of the molecule is Cc1cccc(F)c1-c1ccc2nc(NCC3CCNC3)nc(-c3ccc(C#N)c(F)c3)c2c1. The van der Waals surface area contributed by atoms with Crippen molar-refractivity contribution in [1.29, 1.82) is 5.26 Å². The second-order valence-electron chi connectivity index (χ2n) is 8.61. The maximum Gasteiger partial charge on any atom is 0.223 e. The van der Waals surface area contributed by atoms with Crippen molar-refractivity contribution in [2.45, 2.75) is 13.3 Å². The fraction of sp³-hybridized carbons (Fsp3) is 0.222. The molecular formula is C27H23F2N5. The van der Waals surface area contributed by atoms with Crippen LogP contribution in [0.5, 0.6) is 0 Å². The summed E-state index contributed by atoms with van der Waals surface area (Å²) in [7, 11) is 0. The quantitative estimate of drug-likeness (QED) is 0.419. The van der Waals surface area contributed by atoms with E-state index in [9.17, 15) is 8.78 Å². The van der Waals surface area contributed by atoms with Gasteiger partial charge in [-0.25, -0.2) is 18.7 Å². The lowest BCUT2D eigenvalue weighted by Gasteiger charge is -2.14. The molecule has 0 amide bonds. The summed E-state index contributed by atoms with van der Waals surface area (Å²) in [4.78, 5) is 9.40. The van der Waals surface area contributed by atoms with E-state index in [2.05, 4.69) is 15.6 Å². The van der Waals surface area contributed by atoms with Crippen molar-refractivity contribution in [1.82, 2.24) is 15.3 Å². The first-order chi connectivity index (χ1) is 16.5. The number of benzene rings is 3. The molecule has 34 heavy (non-hydrogen) atoms. The van der Waals surface area contributed by atoms with Crippen LogP contribution >= 0.6 is 0 Å². The standard InChI is InChI=1S/C27H23F2N5/c1-16-3-2-4-22(28)25(16)18-7-8-24-21(11-18)26(19-5-6-20(13-30)23(29)12-19)34-27(33-24)32-15-17-9-10-31-14-17/h2-8,11-12,17,31H,9-10,14-15H2,1H3,(H,32,33,34). The highest BCUT2D eigenvalue weighted by Gasteiger charge is 2.18. The van der Waals surface area contributed by atoms with Gasteiger partial charge in [0, 0.05) is 23.1 Å². The van der Waals surface area contributed by atoms with E-state index < -0.39 is 5.82 Å². The number of fused-ring (bicyclic) bond motifs is 1. The molecule has 4 aromatic rings. The summed E-state index contributed by atoms with van der Waals surface area (Å²) in [6, 6.07) is 16.8. The Labute approximate surface area is 196 Å². The first-order valence-corrected chi connectivity index (χ1v) is 11.3. The van der Waals surface area contributed by atoms with E-state index in [-0.39, 0.29) is 11.4 Å². The Kier molecular flexibility index (Phi) is 5.91. The van der Waals surface area contributed by atoms with Gasteiger partial charge >= 0.3 is 0 Å². The van der Waals surface area contributed by atoms with E-state index in [0.29, 0.717) is 45.2 Å². The highest BCUT2D eigenvalue weighted by molar-refractivity contribution is 5.96. The Balaban J connectivity index is 1.65. The fourth-order valence-electron chi connectivity index (χ4n) is 4.46. The summed E-state index contributed by atoms with van der Waals surface area (Å²) in [5.74, 6) is 0.0181. The van der Waals surface area contributed by atoms with Crippen molar-refractivity contribution >= 4 is 16.9 Å². The first-order valence-electron chi connectivity index (χ1n) is 11.3. The zero-order valence-corrected chi connectivity index (χ0v) is 18.7. The van der Waals surface area contributed by atoms with E-state index in [1.165, 1.54) is 18.2 Å². The van der Waals surface area contributed by atoms with Gasteiger partial charge in [0.1, 0.15) is 17.7 Å². The number of hydrogen-bond donors (Lipinski definition) is 2. The van der Waals surface area contributed by atoms with Gasteiger partial charge in [-0.2, -0.15) is 5.26 Å². The lowest BCUT2D eigenvalue weighted by atomic mass is 9.96. The number of rotatable bonds is 5. The van der Waals surface area contributed by atoms with E-state index in [4.69, 9.17) is 10.2 Å². The molecule has 5 rings (SSSR count). The Morgan fingerprint density at radius 3 is 2.65 bits per heavy atom. The van der Waals surface area contributed by atoms with Gasteiger partial charge in [-0.05, 0) is 73.8 Å². The Morgan fingerprint density at radius 1 is 1.06 bits per heavy atom. The third-order valence-electron chi connectivity index (χ3n) is 6.28. The van der Waals surface area contributed by atoms with Gasteiger partial charge in [-0.3, -0.25) is 0 Å². The molecule has 2 heterocycles. The van der Waals surface area contributed by atoms with Crippen LogP contribution in [0.4, 0.5) is 14.7 Å². The number of halogens is 2. The minimum atomic E-state index is -0.612. The molecule has 0 radical (unpaired) electrons. The number of nitrogens with one attached hydrogen (secondary N) is 2. The monoisotopic (exact) mass is 455 g/mol. The molecule has 1 fully saturated rings. The van der Waals surface area contributed by atoms with E-state index >= 15 is 0 Å². The topological polar surface area (TPSA) is 73.6 Å². The number of anilines is 1. The van der Waals surface area contributed by atoms with Crippen molar-refractivity contribution in [3.05, 3.63) is 77.4 Å². The van der Waals surface area contributed by atoms with E-state index in [1.807, 2.05) is 37.3 Å². The molecule has 7 heteroatoms. The van der Waals surface area contributed by atoms with Crippen molar-refractivity contribution in [3.63, 3.8) is 0 Å². The van der Waals surface area contributed by atoms with Gasteiger partial charge in [0.2, 0.25) is 5.95 Å². The fourth-order valence-corrected chi connectivity index (χ4v) is 4.46. The molecule has 0 bridgehead atoms. The zero-order valence-electron chi connectivity index (χ0n) is 18.7. The lowest BCUT2D eigenvalue weighted by molar-refractivity contribution is 0.613.